The van der Waals surface area contributed by atoms with E-state index in [-0.39, 0.29) is 23.2 Å². The number of carbonyl (C=O) groups excluding carboxylic acids is 1. The van der Waals surface area contributed by atoms with Crippen LogP contribution in [-0.4, -0.2) is 22.6 Å². The molecule has 33 heavy (non-hydrogen) atoms. The third kappa shape index (κ3) is 6.07. The molecule has 0 aliphatic heterocycles. The van der Waals surface area contributed by atoms with Gasteiger partial charge in [0.15, 0.2) is 0 Å². The van der Waals surface area contributed by atoms with Crippen molar-refractivity contribution in [3.63, 3.8) is 0 Å². The van der Waals surface area contributed by atoms with E-state index in [1.165, 1.54) is 36.0 Å². The molecule has 1 amide bonds. The zero-order chi connectivity index (χ0) is 23.4. The lowest BCUT2D eigenvalue weighted by atomic mass is 10.2. The minimum absolute atomic E-state index is 0.116. The summed E-state index contributed by atoms with van der Waals surface area (Å²) in [6.45, 7) is 0.555. The molecule has 0 unspecified atom stereocenters. The molecule has 1 N–H and O–H groups in total. The van der Waals surface area contributed by atoms with Crippen LogP contribution in [0.5, 0.6) is 5.75 Å². The molecule has 1 aromatic heterocycles. The van der Waals surface area contributed by atoms with Crippen LogP contribution in [0.4, 0.5) is 23.2 Å². The molecule has 4 aromatic rings. The van der Waals surface area contributed by atoms with E-state index in [2.05, 4.69) is 10.1 Å². The van der Waals surface area contributed by atoms with Crippen LogP contribution >= 0.6 is 11.8 Å². The molecule has 0 radical (unpaired) electrons. The normalized spacial score (nSPS) is 11.5. The number of fused-ring (bicyclic) bond motifs is 1. The summed E-state index contributed by atoms with van der Waals surface area (Å²) in [5.41, 5.74) is 2.31. The highest BCUT2D eigenvalue weighted by molar-refractivity contribution is 8.00. The van der Waals surface area contributed by atoms with Crippen molar-refractivity contribution in [1.29, 1.82) is 0 Å². The molecule has 4 nitrogen and oxygen atoms in total. The largest absolute Gasteiger partial charge is 0.573 e. The summed E-state index contributed by atoms with van der Waals surface area (Å²) in [7, 11) is 0. The van der Waals surface area contributed by atoms with Crippen molar-refractivity contribution in [1.82, 2.24) is 4.57 Å². The van der Waals surface area contributed by atoms with Gasteiger partial charge in [0.2, 0.25) is 5.91 Å². The van der Waals surface area contributed by atoms with Crippen molar-refractivity contribution < 1.29 is 27.1 Å². The average molecular weight is 474 g/mol. The Balaban J connectivity index is 1.41. The zero-order valence-electron chi connectivity index (χ0n) is 17.1. The molecule has 0 aliphatic rings. The number of amides is 1. The van der Waals surface area contributed by atoms with E-state index >= 15 is 0 Å². The van der Waals surface area contributed by atoms with Gasteiger partial charge >= 0.3 is 6.36 Å². The van der Waals surface area contributed by atoms with Crippen LogP contribution in [0.1, 0.15) is 5.56 Å². The van der Waals surface area contributed by atoms with Gasteiger partial charge in [-0.05, 0) is 48.0 Å². The van der Waals surface area contributed by atoms with Crippen LogP contribution in [0.3, 0.4) is 0 Å². The quantitative estimate of drug-likeness (QED) is 0.247. The molecule has 0 bridgehead atoms. The number of benzene rings is 3. The summed E-state index contributed by atoms with van der Waals surface area (Å²) in [6, 6.07) is 19.1. The Morgan fingerprint density at radius 2 is 1.67 bits per heavy atom. The molecule has 0 spiro atoms. The van der Waals surface area contributed by atoms with E-state index in [0.717, 1.165) is 33.5 Å². The minimum Gasteiger partial charge on any atom is -0.406 e. The second-order valence-electron chi connectivity index (χ2n) is 7.17. The van der Waals surface area contributed by atoms with Crippen LogP contribution in [0.15, 0.2) is 83.9 Å². The number of nitrogens with one attached hydrogen (secondary N) is 1. The first-order valence-corrected chi connectivity index (χ1v) is 10.9. The summed E-state index contributed by atoms with van der Waals surface area (Å²) in [5.74, 6) is -0.824. The van der Waals surface area contributed by atoms with Crippen molar-refractivity contribution in [3.8, 4) is 5.75 Å². The number of para-hydroxylation sites is 1. The van der Waals surface area contributed by atoms with E-state index in [0.29, 0.717) is 12.2 Å². The monoisotopic (exact) mass is 474 g/mol. The van der Waals surface area contributed by atoms with Crippen molar-refractivity contribution in [2.24, 2.45) is 0 Å². The molecular formula is C24H18F4N2O2S. The Morgan fingerprint density at radius 3 is 2.36 bits per heavy atom. The summed E-state index contributed by atoms with van der Waals surface area (Å²) in [4.78, 5) is 13.3. The number of anilines is 1. The Labute approximate surface area is 191 Å². The number of hydrogen-bond acceptors (Lipinski definition) is 3. The molecule has 0 saturated carbocycles. The maximum atomic E-state index is 13.2. The maximum Gasteiger partial charge on any atom is 0.573 e. The highest BCUT2D eigenvalue weighted by Crippen LogP contribution is 2.31. The molecule has 4 rings (SSSR count). The summed E-state index contributed by atoms with van der Waals surface area (Å²) < 4.78 is 55.8. The molecule has 0 fully saturated rings. The third-order valence-electron chi connectivity index (χ3n) is 4.75. The van der Waals surface area contributed by atoms with Crippen molar-refractivity contribution in [2.45, 2.75) is 17.8 Å². The van der Waals surface area contributed by atoms with Crippen LogP contribution in [0.25, 0.3) is 10.9 Å². The molecule has 170 valence electrons. The number of nitrogens with zero attached hydrogens (tertiary/aromatic N) is 1. The molecular weight excluding hydrogens is 456 g/mol. The van der Waals surface area contributed by atoms with E-state index in [1.54, 1.807) is 12.1 Å². The number of ether oxygens (including phenoxy) is 1. The van der Waals surface area contributed by atoms with E-state index in [1.807, 2.05) is 35.0 Å². The number of aromatic nitrogens is 1. The second-order valence-corrected chi connectivity index (χ2v) is 8.19. The Kier molecular flexibility index (Phi) is 6.60. The van der Waals surface area contributed by atoms with E-state index in [9.17, 15) is 22.4 Å². The van der Waals surface area contributed by atoms with Gasteiger partial charge in [-0.2, -0.15) is 0 Å². The Bertz CT molecular complexity index is 1250. The summed E-state index contributed by atoms with van der Waals surface area (Å²) >= 11 is 1.36. The lowest BCUT2D eigenvalue weighted by molar-refractivity contribution is -0.274. The fraction of sp³-hybridized carbons (Fsp3) is 0.125. The lowest BCUT2D eigenvalue weighted by Crippen LogP contribution is -2.17. The van der Waals surface area contributed by atoms with Gasteiger partial charge in [0.1, 0.15) is 11.6 Å². The van der Waals surface area contributed by atoms with E-state index < -0.39 is 6.36 Å². The molecule has 3 aromatic carbocycles. The van der Waals surface area contributed by atoms with Crippen molar-refractivity contribution >= 4 is 34.3 Å². The smallest absolute Gasteiger partial charge is 0.406 e. The Morgan fingerprint density at radius 1 is 0.970 bits per heavy atom. The predicted octanol–water partition coefficient (Wildman–Crippen LogP) is 6.46. The summed E-state index contributed by atoms with van der Waals surface area (Å²) in [5, 5.41) is 3.66. The van der Waals surface area contributed by atoms with Gasteiger partial charge in [-0.15, -0.1) is 24.9 Å². The van der Waals surface area contributed by atoms with Gasteiger partial charge in [-0.3, -0.25) is 4.79 Å². The number of rotatable bonds is 7. The number of thioether (sulfide) groups is 1. The van der Waals surface area contributed by atoms with Crippen LogP contribution in [0, 0.1) is 5.82 Å². The zero-order valence-corrected chi connectivity index (χ0v) is 17.9. The average Bonchev–Trinajstić information content (AvgIpc) is 3.12. The third-order valence-corrected chi connectivity index (χ3v) is 5.79. The van der Waals surface area contributed by atoms with Gasteiger partial charge in [0, 0.05) is 34.2 Å². The standard InChI is InChI=1S/C24H18F4N2O2S/c25-17-7-5-16(6-8-17)13-30-14-22(20-3-1-2-4-21(20)30)33-15-23(31)29-18-9-11-19(12-10-18)32-24(26,27)28/h1-12,14H,13,15H2,(H,29,31). The number of alkyl halides is 3. The predicted molar refractivity (Wildman–Crippen MR) is 120 cm³/mol. The van der Waals surface area contributed by atoms with Crippen molar-refractivity contribution in [2.75, 3.05) is 11.1 Å². The van der Waals surface area contributed by atoms with Crippen LogP contribution in [0.2, 0.25) is 0 Å². The SMILES string of the molecule is O=C(CSc1cn(Cc2ccc(F)cc2)c2ccccc12)Nc1ccc(OC(F)(F)F)cc1. The molecule has 0 aliphatic carbocycles. The van der Waals surface area contributed by atoms with Gasteiger partial charge in [-0.1, -0.05) is 30.3 Å². The Hall–Kier alpha value is -3.46. The number of halogens is 4. The molecule has 0 atom stereocenters. The van der Waals surface area contributed by atoms with Crippen LogP contribution in [-0.2, 0) is 11.3 Å². The minimum atomic E-state index is -4.77. The highest BCUT2D eigenvalue weighted by Gasteiger charge is 2.30. The molecule has 0 saturated heterocycles. The first kappa shape index (κ1) is 22.7. The maximum absolute atomic E-state index is 13.2. The first-order chi connectivity index (χ1) is 15.8. The molecule has 9 heteroatoms. The van der Waals surface area contributed by atoms with E-state index in [4.69, 9.17) is 0 Å². The van der Waals surface area contributed by atoms with Gasteiger partial charge in [0.05, 0.1) is 5.75 Å². The first-order valence-electron chi connectivity index (χ1n) is 9.88. The molecule has 1 heterocycles. The van der Waals surface area contributed by atoms with Gasteiger partial charge < -0.3 is 14.6 Å². The fourth-order valence-corrected chi connectivity index (χ4v) is 4.21. The fourth-order valence-electron chi connectivity index (χ4n) is 3.33. The van der Waals surface area contributed by atoms with Crippen LogP contribution < -0.4 is 10.1 Å². The lowest BCUT2D eigenvalue weighted by Gasteiger charge is -2.10. The number of hydrogen-bond donors (Lipinski definition) is 1. The van der Waals surface area contributed by atoms with Crippen molar-refractivity contribution in [3.05, 3.63) is 90.4 Å². The number of carbonyl (C=O) groups is 1. The topological polar surface area (TPSA) is 43.3 Å². The highest BCUT2D eigenvalue weighted by atomic mass is 32.2. The summed E-state index contributed by atoms with van der Waals surface area (Å²) in [6.07, 6.45) is -2.81. The van der Waals surface area contributed by atoms with Gasteiger partial charge in [0.25, 0.3) is 0 Å². The van der Waals surface area contributed by atoms with Gasteiger partial charge in [-0.25, -0.2) is 4.39 Å². The second kappa shape index (κ2) is 9.58.